The van der Waals surface area contributed by atoms with Crippen LogP contribution < -0.4 is 10.6 Å². The summed E-state index contributed by atoms with van der Waals surface area (Å²) >= 11 is 0. The van der Waals surface area contributed by atoms with Crippen molar-refractivity contribution in [2.45, 2.75) is 26.3 Å². The summed E-state index contributed by atoms with van der Waals surface area (Å²) < 4.78 is 7.05. The maximum Gasteiger partial charge on any atom is 0.233 e. The Bertz CT molecular complexity index is 424. The summed E-state index contributed by atoms with van der Waals surface area (Å²) in [5, 5.41) is 10.4. The van der Waals surface area contributed by atoms with Crippen molar-refractivity contribution in [3.63, 3.8) is 0 Å². The Morgan fingerprint density at radius 3 is 2.80 bits per heavy atom. The minimum absolute atomic E-state index is 0. The summed E-state index contributed by atoms with van der Waals surface area (Å²) in [5.41, 5.74) is 0.328. The molecule has 20 heavy (non-hydrogen) atoms. The molecule has 0 saturated carbocycles. The summed E-state index contributed by atoms with van der Waals surface area (Å²) in [6.07, 6.45) is 5.13. The van der Waals surface area contributed by atoms with Gasteiger partial charge in [0.15, 0.2) is 0 Å². The molecule has 0 radical (unpaired) electrons. The third-order valence-electron chi connectivity index (χ3n) is 3.68. The number of aryl methyl sites for hydroxylation is 1. The van der Waals surface area contributed by atoms with Crippen molar-refractivity contribution in [3.05, 3.63) is 12.4 Å². The number of hydrogen-bond acceptors (Lipinski definition) is 4. The van der Waals surface area contributed by atoms with Crippen molar-refractivity contribution in [2.75, 3.05) is 32.1 Å². The van der Waals surface area contributed by atoms with Crippen molar-refractivity contribution >= 4 is 24.0 Å². The second-order valence-corrected chi connectivity index (χ2v) is 5.00. The number of amides is 1. The first-order valence-electron chi connectivity index (χ1n) is 6.74. The smallest absolute Gasteiger partial charge is 0.233 e. The molecular formula is C13H23ClN4O2. The van der Waals surface area contributed by atoms with Gasteiger partial charge in [0, 0.05) is 19.9 Å². The number of carbonyl (C=O) groups excluding carboxylic acids is 1. The number of anilines is 1. The normalized spacial score (nSPS) is 17.3. The summed E-state index contributed by atoms with van der Waals surface area (Å²) in [7, 11) is 1.65. The number of nitrogens with zero attached hydrogens (tertiary/aromatic N) is 2. The van der Waals surface area contributed by atoms with Crippen LogP contribution in [0, 0.1) is 5.41 Å². The van der Waals surface area contributed by atoms with Crippen LogP contribution in [0.2, 0.25) is 0 Å². The third-order valence-corrected chi connectivity index (χ3v) is 3.68. The van der Waals surface area contributed by atoms with E-state index in [9.17, 15) is 4.79 Å². The van der Waals surface area contributed by atoms with E-state index in [1.165, 1.54) is 0 Å². The maximum absolute atomic E-state index is 12.5. The van der Waals surface area contributed by atoms with Gasteiger partial charge in [-0.05, 0) is 32.9 Å². The molecule has 2 rings (SSSR count). The molecule has 2 heterocycles. The fourth-order valence-corrected chi connectivity index (χ4v) is 2.48. The zero-order valence-electron chi connectivity index (χ0n) is 12.0. The molecule has 6 nitrogen and oxygen atoms in total. The molecule has 0 aliphatic carbocycles. The number of aromatic nitrogens is 2. The zero-order chi connectivity index (χ0) is 13.7. The molecule has 114 valence electrons. The molecule has 0 aromatic carbocycles. The second-order valence-electron chi connectivity index (χ2n) is 5.00. The van der Waals surface area contributed by atoms with Crippen LogP contribution in [0.3, 0.4) is 0 Å². The Balaban J connectivity index is 0.00000200. The second kappa shape index (κ2) is 7.61. The molecule has 0 atom stereocenters. The van der Waals surface area contributed by atoms with E-state index in [1.807, 2.05) is 13.1 Å². The number of nitrogens with one attached hydrogen (secondary N) is 2. The number of carbonyl (C=O) groups is 1. The van der Waals surface area contributed by atoms with Crippen LogP contribution in [-0.4, -0.2) is 42.5 Å². The fraction of sp³-hybridized carbons (Fsp3) is 0.692. The standard InChI is InChI=1S/C13H22N4O2.ClH/c1-3-17-9-11(8-15-17)16-12(18)13(10-19-2)4-6-14-7-5-13;/h8-9,14H,3-7,10H2,1-2H3,(H,16,18);1H. The molecule has 1 aromatic rings. The molecule has 0 unspecified atom stereocenters. The molecule has 1 fully saturated rings. The van der Waals surface area contributed by atoms with E-state index >= 15 is 0 Å². The van der Waals surface area contributed by atoms with Gasteiger partial charge in [0.25, 0.3) is 0 Å². The van der Waals surface area contributed by atoms with E-state index in [2.05, 4.69) is 15.7 Å². The molecule has 1 aliphatic heterocycles. The average molecular weight is 303 g/mol. The van der Waals surface area contributed by atoms with Crippen LogP contribution >= 0.6 is 12.4 Å². The topological polar surface area (TPSA) is 68.2 Å². The maximum atomic E-state index is 12.5. The number of hydrogen-bond donors (Lipinski definition) is 2. The van der Waals surface area contributed by atoms with Gasteiger partial charge in [-0.3, -0.25) is 9.48 Å². The van der Waals surface area contributed by atoms with E-state index in [0.717, 1.165) is 38.2 Å². The van der Waals surface area contributed by atoms with Crippen LogP contribution in [0.15, 0.2) is 12.4 Å². The van der Waals surface area contributed by atoms with E-state index in [1.54, 1.807) is 18.0 Å². The van der Waals surface area contributed by atoms with Gasteiger partial charge in [-0.2, -0.15) is 5.10 Å². The van der Waals surface area contributed by atoms with Crippen molar-refractivity contribution in [3.8, 4) is 0 Å². The third kappa shape index (κ3) is 3.71. The lowest BCUT2D eigenvalue weighted by molar-refractivity contribution is -0.130. The highest BCUT2D eigenvalue weighted by Gasteiger charge is 2.39. The number of piperidine rings is 1. The van der Waals surface area contributed by atoms with Crippen molar-refractivity contribution in [2.24, 2.45) is 5.41 Å². The molecule has 1 amide bonds. The first-order valence-corrected chi connectivity index (χ1v) is 6.74. The Morgan fingerprint density at radius 2 is 2.25 bits per heavy atom. The molecule has 1 saturated heterocycles. The predicted molar refractivity (Wildman–Crippen MR) is 80.2 cm³/mol. The monoisotopic (exact) mass is 302 g/mol. The van der Waals surface area contributed by atoms with E-state index in [0.29, 0.717) is 6.61 Å². The molecule has 0 bridgehead atoms. The lowest BCUT2D eigenvalue weighted by Crippen LogP contribution is -2.47. The number of methoxy groups -OCH3 is 1. The highest BCUT2D eigenvalue weighted by Crippen LogP contribution is 2.30. The van der Waals surface area contributed by atoms with Crippen molar-refractivity contribution in [1.29, 1.82) is 0 Å². The van der Waals surface area contributed by atoms with Crippen LogP contribution in [-0.2, 0) is 16.1 Å². The number of rotatable bonds is 5. The van der Waals surface area contributed by atoms with Gasteiger partial charge in [-0.15, -0.1) is 12.4 Å². The first-order chi connectivity index (χ1) is 9.20. The molecule has 0 spiro atoms. The summed E-state index contributed by atoms with van der Waals surface area (Å²) in [6, 6.07) is 0. The summed E-state index contributed by atoms with van der Waals surface area (Å²) in [6.45, 7) is 4.97. The highest BCUT2D eigenvalue weighted by atomic mass is 35.5. The van der Waals surface area contributed by atoms with Gasteiger partial charge < -0.3 is 15.4 Å². The van der Waals surface area contributed by atoms with Gasteiger partial charge >= 0.3 is 0 Å². The lowest BCUT2D eigenvalue weighted by Gasteiger charge is -2.35. The summed E-state index contributed by atoms with van der Waals surface area (Å²) in [4.78, 5) is 12.5. The van der Waals surface area contributed by atoms with Crippen LogP contribution in [0.5, 0.6) is 0 Å². The van der Waals surface area contributed by atoms with Gasteiger partial charge in [0.05, 0.1) is 23.9 Å². The minimum Gasteiger partial charge on any atom is -0.384 e. The molecular weight excluding hydrogens is 280 g/mol. The van der Waals surface area contributed by atoms with Gasteiger partial charge in [-0.1, -0.05) is 0 Å². The summed E-state index contributed by atoms with van der Waals surface area (Å²) in [5.74, 6) is 0.0338. The molecule has 1 aliphatic rings. The number of halogens is 1. The molecule has 2 N–H and O–H groups in total. The van der Waals surface area contributed by atoms with E-state index in [4.69, 9.17) is 4.74 Å². The van der Waals surface area contributed by atoms with Crippen LogP contribution in [0.1, 0.15) is 19.8 Å². The lowest BCUT2D eigenvalue weighted by atomic mass is 9.78. The van der Waals surface area contributed by atoms with Crippen molar-refractivity contribution < 1.29 is 9.53 Å². The van der Waals surface area contributed by atoms with Gasteiger partial charge in [-0.25, -0.2) is 0 Å². The highest BCUT2D eigenvalue weighted by molar-refractivity contribution is 5.95. The predicted octanol–water partition coefficient (Wildman–Crippen LogP) is 1.28. The Kier molecular flexibility index (Phi) is 6.45. The van der Waals surface area contributed by atoms with Crippen LogP contribution in [0.25, 0.3) is 0 Å². The number of ether oxygens (including phenoxy) is 1. The van der Waals surface area contributed by atoms with Gasteiger partial charge in [0.1, 0.15) is 0 Å². The Hall–Kier alpha value is -1.11. The van der Waals surface area contributed by atoms with Crippen LogP contribution in [0.4, 0.5) is 5.69 Å². The van der Waals surface area contributed by atoms with Crippen molar-refractivity contribution in [1.82, 2.24) is 15.1 Å². The Labute approximate surface area is 125 Å². The Morgan fingerprint density at radius 1 is 1.55 bits per heavy atom. The van der Waals surface area contributed by atoms with Gasteiger partial charge in [0.2, 0.25) is 5.91 Å². The van der Waals surface area contributed by atoms with E-state index < -0.39 is 5.41 Å². The minimum atomic E-state index is -0.422. The molecule has 7 heteroatoms. The first kappa shape index (κ1) is 16.9. The fourth-order valence-electron chi connectivity index (χ4n) is 2.48. The molecule has 1 aromatic heterocycles. The zero-order valence-corrected chi connectivity index (χ0v) is 12.8. The largest absolute Gasteiger partial charge is 0.384 e. The quantitative estimate of drug-likeness (QED) is 0.860. The van der Waals surface area contributed by atoms with E-state index in [-0.39, 0.29) is 18.3 Å². The SMILES string of the molecule is CCn1cc(NC(=O)C2(COC)CCNCC2)cn1.Cl. The average Bonchev–Trinajstić information content (AvgIpc) is 2.88.